The molecule has 2 fully saturated rings. The van der Waals surface area contributed by atoms with Gasteiger partial charge in [-0.15, -0.1) is 0 Å². The summed E-state index contributed by atoms with van der Waals surface area (Å²) in [6, 6.07) is 0. The van der Waals surface area contributed by atoms with E-state index in [0.717, 1.165) is 32.1 Å². The van der Waals surface area contributed by atoms with E-state index in [1.807, 2.05) is 6.92 Å². The zero-order valence-electron chi connectivity index (χ0n) is 19.2. The first-order valence-electron chi connectivity index (χ1n) is 11.0. The summed E-state index contributed by atoms with van der Waals surface area (Å²) in [5.74, 6) is 0. The van der Waals surface area contributed by atoms with Crippen LogP contribution in [0.15, 0.2) is 0 Å². The van der Waals surface area contributed by atoms with E-state index in [0.29, 0.717) is 6.42 Å². The van der Waals surface area contributed by atoms with Gasteiger partial charge >= 0.3 is 13.9 Å². The van der Waals surface area contributed by atoms with Crippen molar-refractivity contribution in [2.45, 2.75) is 117 Å². The van der Waals surface area contributed by atoms with Gasteiger partial charge in [-0.25, -0.2) is 0 Å². The summed E-state index contributed by atoms with van der Waals surface area (Å²) in [7, 11) is 0. The van der Waals surface area contributed by atoms with E-state index in [1.54, 1.807) is 6.92 Å². The molecule has 0 amide bonds. The van der Waals surface area contributed by atoms with Crippen molar-refractivity contribution in [3.8, 4) is 0 Å². The Morgan fingerprint density at radius 3 is 1.43 bits per heavy atom. The molecule has 0 aliphatic carbocycles. The predicted octanol–water partition coefficient (Wildman–Crippen LogP) is 0.549. The quantitative estimate of drug-likeness (QED) is 0.334. The molecular formula is C18H42B2O10-2. The highest BCUT2D eigenvalue weighted by Gasteiger charge is 2.45. The maximum Gasteiger partial charge on any atom is 0.532 e. The van der Waals surface area contributed by atoms with Gasteiger partial charge in [-0.1, -0.05) is 20.8 Å². The first-order valence-corrected chi connectivity index (χ1v) is 11.0. The van der Waals surface area contributed by atoms with Crippen LogP contribution in [0.5, 0.6) is 0 Å². The Labute approximate surface area is 180 Å². The van der Waals surface area contributed by atoms with Crippen LogP contribution < -0.4 is 0 Å². The van der Waals surface area contributed by atoms with E-state index in [2.05, 4.69) is 27.7 Å². The lowest BCUT2D eigenvalue weighted by atomic mass is 9.91. The van der Waals surface area contributed by atoms with Crippen molar-refractivity contribution in [1.82, 2.24) is 0 Å². The molecule has 0 aromatic carbocycles. The molecule has 0 aromatic rings. The maximum absolute atomic E-state index is 8.87. The monoisotopic (exact) mass is 440 g/mol. The number of hydrogen-bond acceptors (Lipinski definition) is 10. The van der Waals surface area contributed by atoms with Crippen molar-refractivity contribution in [3.05, 3.63) is 0 Å². The first kappa shape index (κ1) is 29.7. The van der Waals surface area contributed by atoms with Crippen molar-refractivity contribution in [3.63, 3.8) is 0 Å². The van der Waals surface area contributed by atoms with E-state index in [1.165, 1.54) is 0 Å². The largest absolute Gasteiger partial charge is 0.534 e. The fraction of sp³-hybridized carbons (Fsp3) is 1.00. The highest BCUT2D eigenvalue weighted by Crippen LogP contribution is 2.34. The fourth-order valence-corrected chi connectivity index (χ4v) is 3.28. The SMILES string of the molecule is CCC(O)CC(C)O.CC[C@@H]1C[C@H](C)O[B-]2(OC(C)C[C@H](CC)O2)O1.O[B-](O)(O)O. The van der Waals surface area contributed by atoms with Gasteiger partial charge in [0.05, 0.1) is 12.2 Å². The standard InChI is InChI=1S/C12H24BO4.C6H14O2.BH4O4/c1-5-11-7-9(3)14-13(16-11)15-10(4)8-12(6-2)17-13;1-3-6(8)4-5(2)7;2-1(3,4)5/h9-12H,5-8H2,1-4H3;5-8H,3-4H2,1-2H3;2-5H/q-1;;-1/t9-,10?,11+,12-,13?;;/m0../s1. The molecule has 2 saturated heterocycles. The summed E-state index contributed by atoms with van der Waals surface area (Å²) in [6.45, 7) is 5.95. The molecule has 6 N–H and O–H groups in total. The van der Waals surface area contributed by atoms with Crippen molar-refractivity contribution in [2.24, 2.45) is 0 Å². The van der Waals surface area contributed by atoms with Gasteiger partial charge in [-0.05, 0) is 59.3 Å². The average Bonchev–Trinajstić information content (AvgIpc) is 2.58. The Morgan fingerprint density at radius 2 is 1.20 bits per heavy atom. The lowest BCUT2D eigenvalue weighted by molar-refractivity contribution is -0.163. The summed E-state index contributed by atoms with van der Waals surface area (Å²) in [5.41, 5.74) is 0. The first-order chi connectivity index (χ1) is 13.7. The molecule has 2 rings (SSSR count). The third-order valence-corrected chi connectivity index (χ3v) is 4.70. The Hall–Kier alpha value is -0.270. The summed E-state index contributed by atoms with van der Waals surface area (Å²) >= 11 is 0. The Bertz CT molecular complexity index is 417. The van der Waals surface area contributed by atoms with Crippen LogP contribution >= 0.6 is 0 Å². The van der Waals surface area contributed by atoms with Gasteiger partial charge in [0.25, 0.3) is 0 Å². The molecule has 0 aromatic heterocycles. The van der Waals surface area contributed by atoms with E-state index < -0.39 is 13.9 Å². The van der Waals surface area contributed by atoms with Crippen LogP contribution in [0.1, 0.15) is 80.1 Å². The molecule has 2 aliphatic rings. The molecule has 1 spiro atoms. The minimum absolute atomic E-state index is 0.136. The number of hydrogen-bond donors (Lipinski definition) is 6. The van der Waals surface area contributed by atoms with Crippen molar-refractivity contribution < 1.29 is 48.9 Å². The molecule has 7 atom stereocenters. The zero-order valence-corrected chi connectivity index (χ0v) is 19.2. The van der Waals surface area contributed by atoms with Crippen molar-refractivity contribution >= 4 is 13.9 Å². The fourth-order valence-electron chi connectivity index (χ4n) is 3.28. The normalized spacial score (nSPS) is 33.6. The maximum atomic E-state index is 8.87. The molecule has 0 bridgehead atoms. The predicted molar refractivity (Wildman–Crippen MR) is 114 cm³/mol. The lowest BCUT2D eigenvalue weighted by Crippen LogP contribution is -2.62. The minimum Gasteiger partial charge on any atom is -0.534 e. The van der Waals surface area contributed by atoms with Crippen LogP contribution in [0.2, 0.25) is 0 Å². The zero-order chi connectivity index (χ0) is 23.5. The number of aliphatic hydroxyl groups is 2. The topological polar surface area (TPSA) is 158 Å². The van der Waals surface area contributed by atoms with Gasteiger partial charge in [-0.3, -0.25) is 0 Å². The van der Waals surface area contributed by atoms with Crippen LogP contribution in [0.25, 0.3) is 0 Å². The summed E-state index contributed by atoms with van der Waals surface area (Å²) in [6.07, 6.45) is 4.93. The Kier molecular flexibility index (Phi) is 13.9. The van der Waals surface area contributed by atoms with Crippen LogP contribution in [-0.4, -0.2) is 80.8 Å². The third kappa shape index (κ3) is 13.9. The second-order valence-electron chi connectivity index (χ2n) is 8.11. The van der Waals surface area contributed by atoms with Gasteiger partial charge in [0.15, 0.2) is 0 Å². The average molecular weight is 440 g/mol. The Morgan fingerprint density at radius 1 is 0.833 bits per heavy atom. The molecule has 30 heavy (non-hydrogen) atoms. The molecule has 182 valence electrons. The third-order valence-electron chi connectivity index (χ3n) is 4.70. The van der Waals surface area contributed by atoms with Gasteiger partial charge in [0, 0.05) is 24.4 Å². The van der Waals surface area contributed by atoms with Crippen molar-refractivity contribution in [2.75, 3.05) is 0 Å². The van der Waals surface area contributed by atoms with Crippen LogP contribution in [0.3, 0.4) is 0 Å². The van der Waals surface area contributed by atoms with Gasteiger partial charge < -0.3 is 48.9 Å². The van der Waals surface area contributed by atoms with Crippen molar-refractivity contribution in [1.29, 1.82) is 0 Å². The molecule has 4 unspecified atom stereocenters. The van der Waals surface area contributed by atoms with E-state index in [4.69, 9.17) is 48.9 Å². The molecule has 0 saturated carbocycles. The molecule has 0 radical (unpaired) electrons. The number of rotatable bonds is 5. The van der Waals surface area contributed by atoms with Crippen LogP contribution in [0, 0.1) is 0 Å². The molecule has 12 heteroatoms. The highest BCUT2D eigenvalue weighted by atomic mass is 16.9. The second-order valence-corrected chi connectivity index (χ2v) is 8.11. The number of aliphatic hydroxyl groups excluding tert-OH is 2. The molecular weight excluding hydrogens is 398 g/mol. The summed E-state index contributed by atoms with van der Waals surface area (Å²) in [5, 5.41) is 46.6. The van der Waals surface area contributed by atoms with E-state index >= 15 is 0 Å². The molecule has 2 aliphatic heterocycles. The van der Waals surface area contributed by atoms with Gasteiger partial charge in [-0.2, -0.15) is 0 Å². The minimum atomic E-state index is -4.00. The molecule has 2 heterocycles. The van der Waals surface area contributed by atoms with E-state index in [9.17, 15) is 0 Å². The van der Waals surface area contributed by atoms with Gasteiger partial charge in [0.2, 0.25) is 0 Å². The summed E-state index contributed by atoms with van der Waals surface area (Å²) < 4.78 is 23.6. The highest BCUT2D eigenvalue weighted by molar-refractivity contribution is 6.54. The van der Waals surface area contributed by atoms with Crippen LogP contribution in [0.4, 0.5) is 0 Å². The van der Waals surface area contributed by atoms with Gasteiger partial charge in [0.1, 0.15) is 0 Å². The molecule has 10 nitrogen and oxygen atoms in total. The Balaban J connectivity index is 0.000000540. The van der Waals surface area contributed by atoms with Crippen LogP contribution in [-0.2, 0) is 18.6 Å². The lowest BCUT2D eigenvalue weighted by Gasteiger charge is -2.55. The smallest absolute Gasteiger partial charge is 0.532 e. The summed E-state index contributed by atoms with van der Waals surface area (Å²) in [4.78, 5) is 0. The van der Waals surface area contributed by atoms with E-state index in [-0.39, 0.29) is 36.6 Å². The second kappa shape index (κ2) is 14.0.